The first-order valence-corrected chi connectivity index (χ1v) is 6.60. The van der Waals surface area contributed by atoms with Gasteiger partial charge in [0.05, 0.1) is 18.3 Å². The third-order valence-corrected chi connectivity index (χ3v) is 4.30. The Kier molecular flexibility index (Phi) is 3.81. The van der Waals surface area contributed by atoms with Crippen LogP contribution in [0.1, 0.15) is 9.67 Å². The standard InChI is InChI=1S/C11H7BrClNO2S/c1-16-11(15)9-5-14-10(17-9)6-2-3-8(13)7(12)4-6/h2-5H,1H3. The third kappa shape index (κ3) is 2.68. The molecule has 3 nitrogen and oxygen atoms in total. The molecule has 0 aliphatic carbocycles. The minimum atomic E-state index is -0.373. The van der Waals surface area contributed by atoms with Gasteiger partial charge in [-0.2, -0.15) is 0 Å². The van der Waals surface area contributed by atoms with Crippen molar-refractivity contribution >= 4 is 44.8 Å². The van der Waals surface area contributed by atoms with Crippen molar-refractivity contribution in [3.63, 3.8) is 0 Å². The van der Waals surface area contributed by atoms with Crippen molar-refractivity contribution < 1.29 is 9.53 Å². The molecule has 6 heteroatoms. The van der Waals surface area contributed by atoms with Crippen molar-refractivity contribution in [2.45, 2.75) is 0 Å². The van der Waals surface area contributed by atoms with Crippen LogP contribution in [0.15, 0.2) is 28.9 Å². The average Bonchev–Trinajstić information content (AvgIpc) is 2.81. The number of carbonyl (C=O) groups is 1. The minimum absolute atomic E-state index is 0.373. The highest BCUT2D eigenvalue weighted by molar-refractivity contribution is 9.10. The molecule has 17 heavy (non-hydrogen) atoms. The molecule has 1 heterocycles. The minimum Gasteiger partial charge on any atom is -0.465 e. The van der Waals surface area contributed by atoms with E-state index in [4.69, 9.17) is 11.6 Å². The van der Waals surface area contributed by atoms with Gasteiger partial charge in [-0.25, -0.2) is 9.78 Å². The predicted octanol–water partition coefficient (Wildman–Crippen LogP) is 4.01. The van der Waals surface area contributed by atoms with Crippen LogP contribution in [0.4, 0.5) is 0 Å². The maximum Gasteiger partial charge on any atom is 0.349 e. The van der Waals surface area contributed by atoms with E-state index in [0.717, 1.165) is 15.0 Å². The summed E-state index contributed by atoms with van der Waals surface area (Å²) in [5.74, 6) is -0.373. The number of rotatable bonds is 2. The van der Waals surface area contributed by atoms with Gasteiger partial charge in [0.25, 0.3) is 0 Å². The molecule has 0 spiro atoms. The van der Waals surface area contributed by atoms with Crippen molar-refractivity contribution in [3.8, 4) is 10.6 Å². The van der Waals surface area contributed by atoms with Crippen LogP contribution < -0.4 is 0 Å². The molecule has 0 aliphatic rings. The Hall–Kier alpha value is -0.910. The maximum atomic E-state index is 11.3. The first-order chi connectivity index (χ1) is 8.11. The van der Waals surface area contributed by atoms with E-state index in [0.29, 0.717) is 9.90 Å². The van der Waals surface area contributed by atoms with E-state index < -0.39 is 0 Å². The molecule has 0 unspecified atom stereocenters. The molecule has 1 aromatic carbocycles. The predicted molar refractivity (Wildman–Crippen MR) is 71.6 cm³/mol. The molecule has 0 saturated carbocycles. The second-order valence-corrected chi connectivity index (χ2v) is 5.44. The Labute approximate surface area is 116 Å². The average molecular weight is 333 g/mol. The summed E-state index contributed by atoms with van der Waals surface area (Å²) >= 11 is 10.5. The normalized spacial score (nSPS) is 10.3. The van der Waals surface area contributed by atoms with Crippen LogP contribution in [-0.4, -0.2) is 18.1 Å². The SMILES string of the molecule is COC(=O)c1cnc(-c2ccc(Cl)c(Br)c2)s1. The molecule has 1 aromatic heterocycles. The van der Waals surface area contributed by atoms with Crippen LogP contribution in [0.3, 0.4) is 0 Å². The number of hydrogen-bond acceptors (Lipinski definition) is 4. The highest BCUT2D eigenvalue weighted by Crippen LogP contribution is 2.31. The summed E-state index contributed by atoms with van der Waals surface area (Å²) in [5, 5.41) is 1.39. The fourth-order valence-corrected chi connectivity index (χ4v) is 2.56. The molecule has 2 rings (SSSR count). The van der Waals surface area contributed by atoms with Gasteiger partial charge < -0.3 is 4.74 Å². The summed E-state index contributed by atoms with van der Waals surface area (Å²) in [6.45, 7) is 0. The highest BCUT2D eigenvalue weighted by atomic mass is 79.9. The summed E-state index contributed by atoms with van der Waals surface area (Å²) in [7, 11) is 1.35. The Bertz CT molecular complexity index is 570. The van der Waals surface area contributed by atoms with Crippen LogP contribution in [0.2, 0.25) is 5.02 Å². The van der Waals surface area contributed by atoms with E-state index in [2.05, 4.69) is 25.7 Å². The van der Waals surface area contributed by atoms with Gasteiger partial charge in [0.1, 0.15) is 9.88 Å². The van der Waals surface area contributed by atoms with E-state index in [9.17, 15) is 4.79 Å². The molecule has 0 radical (unpaired) electrons. The molecule has 2 aromatic rings. The largest absolute Gasteiger partial charge is 0.465 e. The van der Waals surface area contributed by atoms with E-state index >= 15 is 0 Å². The van der Waals surface area contributed by atoms with Gasteiger partial charge in [-0.05, 0) is 28.1 Å². The zero-order chi connectivity index (χ0) is 12.4. The summed E-state index contributed by atoms with van der Waals surface area (Å²) < 4.78 is 5.43. The lowest BCUT2D eigenvalue weighted by Crippen LogP contribution is -1.96. The quantitative estimate of drug-likeness (QED) is 0.780. The highest BCUT2D eigenvalue weighted by Gasteiger charge is 2.12. The molecule has 0 N–H and O–H groups in total. The van der Waals surface area contributed by atoms with Crippen molar-refractivity contribution in [2.24, 2.45) is 0 Å². The number of aromatic nitrogens is 1. The molecule has 0 aliphatic heterocycles. The van der Waals surface area contributed by atoms with Crippen LogP contribution in [0.25, 0.3) is 10.6 Å². The van der Waals surface area contributed by atoms with Gasteiger partial charge in [0.15, 0.2) is 0 Å². The lowest BCUT2D eigenvalue weighted by Gasteiger charge is -1.99. The zero-order valence-corrected chi connectivity index (χ0v) is 11.9. The molecular weight excluding hydrogens is 326 g/mol. The van der Waals surface area contributed by atoms with Crippen molar-refractivity contribution in [1.29, 1.82) is 0 Å². The number of ether oxygens (including phenoxy) is 1. The Morgan fingerprint density at radius 3 is 2.94 bits per heavy atom. The first kappa shape index (κ1) is 12.5. The van der Waals surface area contributed by atoms with Crippen LogP contribution in [0.5, 0.6) is 0 Å². The second kappa shape index (κ2) is 5.16. The summed E-state index contributed by atoms with van der Waals surface area (Å²) in [6, 6.07) is 5.50. The third-order valence-electron chi connectivity index (χ3n) is 2.06. The number of hydrogen-bond donors (Lipinski definition) is 0. The van der Waals surface area contributed by atoms with Gasteiger partial charge in [0.2, 0.25) is 0 Å². The fourth-order valence-electron chi connectivity index (χ4n) is 1.23. The molecule has 0 bridgehead atoms. The number of esters is 1. The zero-order valence-electron chi connectivity index (χ0n) is 8.74. The number of benzene rings is 1. The van der Waals surface area contributed by atoms with Crippen LogP contribution >= 0.6 is 38.9 Å². The number of nitrogens with zero attached hydrogens (tertiary/aromatic N) is 1. The molecule has 0 amide bonds. The van der Waals surface area contributed by atoms with Crippen molar-refractivity contribution in [3.05, 3.63) is 38.8 Å². The lowest BCUT2D eigenvalue weighted by atomic mass is 10.2. The maximum absolute atomic E-state index is 11.3. The monoisotopic (exact) mass is 331 g/mol. The van der Waals surface area contributed by atoms with E-state index in [1.165, 1.54) is 24.6 Å². The number of methoxy groups -OCH3 is 1. The topological polar surface area (TPSA) is 39.2 Å². The number of thiazole rings is 1. The second-order valence-electron chi connectivity index (χ2n) is 3.15. The van der Waals surface area contributed by atoms with Gasteiger partial charge in [-0.15, -0.1) is 11.3 Å². The summed E-state index contributed by atoms with van der Waals surface area (Å²) in [6.07, 6.45) is 1.51. The number of carbonyl (C=O) groups excluding carboxylic acids is 1. The molecular formula is C11H7BrClNO2S. The smallest absolute Gasteiger partial charge is 0.349 e. The van der Waals surface area contributed by atoms with Crippen molar-refractivity contribution in [1.82, 2.24) is 4.98 Å². The molecule has 0 atom stereocenters. The Morgan fingerprint density at radius 1 is 1.53 bits per heavy atom. The van der Waals surface area contributed by atoms with Gasteiger partial charge in [0, 0.05) is 10.0 Å². The summed E-state index contributed by atoms with van der Waals surface area (Å²) in [5.41, 5.74) is 0.904. The Morgan fingerprint density at radius 2 is 2.29 bits per heavy atom. The molecule has 0 saturated heterocycles. The van der Waals surface area contributed by atoms with Gasteiger partial charge in [-0.1, -0.05) is 17.7 Å². The number of halogens is 2. The van der Waals surface area contributed by atoms with E-state index in [1.807, 2.05) is 12.1 Å². The molecule has 88 valence electrons. The van der Waals surface area contributed by atoms with Gasteiger partial charge in [-0.3, -0.25) is 0 Å². The lowest BCUT2D eigenvalue weighted by molar-refractivity contribution is 0.0606. The van der Waals surface area contributed by atoms with Crippen LogP contribution in [-0.2, 0) is 4.74 Å². The van der Waals surface area contributed by atoms with Crippen molar-refractivity contribution in [2.75, 3.05) is 7.11 Å². The van der Waals surface area contributed by atoms with E-state index in [-0.39, 0.29) is 5.97 Å². The fraction of sp³-hybridized carbons (Fsp3) is 0.0909. The first-order valence-electron chi connectivity index (χ1n) is 4.61. The van der Waals surface area contributed by atoms with E-state index in [1.54, 1.807) is 6.07 Å². The van der Waals surface area contributed by atoms with Crippen LogP contribution in [0, 0.1) is 0 Å². The molecule has 0 fully saturated rings. The Balaban J connectivity index is 2.37. The van der Waals surface area contributed by atoms with Gasteiger partial charge >= 0.3 is 5.97 Å². The summed E-state index contributed by atoms with van der Waals surface area (Å²) in [4.78, 5) is 16.0.